The molecule has 17 heavy (non-hydrogen) atoms. The van der Waals surface area contributed by atoms with Crippen molar-refractivity contribution in [2.75, 3.05) is 32.7 Å². The Morgan fingerprint density at radius 1 is 1.24 bits per heavy atom. The van der Waals surface area contributed by atoms with E-state index in [2.05, 4.69) is 16.2 Å². The molecule has 0 radical (unpaired) electrons. The van der Waals surface area contributed by atoms with Crippen LogP contribution in [0.15, 0.2) is 0 Å². The van der Waals surface area contributed by atoms with Crippen molar-refractivity contribution in [3.05, 3.63) is 0 Å². The SMILES string of the molecule is CC.N#CB1CCN(CC2CCNCC2)CC1. The molecule has 0 atom stereocenters. The largest absolute Gasteiger partial charge is 0.317 e. The topological polar surface area (TPSA) is 39.1 Å². The molecule has 96 valence electrons. The third-order valence-electron chi connectivity index (χ3n) is 3.75. The summed E-state index contributed by atoms with van der Waals surface area (Å²) in [6.07, 6.45) is 4.83. The molecule has 0 unspecified atom stereocenters. The van der Waals surface area contributed by atoms with Gasteiger partial charge in [0.05, 0.1) is 0 Å². The molecule has 0 spiro atoms. The first kappa shape index (κ1) is 14.5. The van der Waals surface area contributed by atoms with Gasteiger partial charge in [0.15, 0.2) is 0 Å². The monoisotopic (exact) mass is 235 g/mol. The lowest BCUT2D eigenvalue weighted by Gasteiger charge is -2.33. The lowest BCUT2D eigenvalue weighted by Crippen LogP contribution is -2.41. The Balaban J connectivity index is 0.000000686. The van der Waals surface area contributed by atoms with Crippen LogP contribution in [0.5, 0.6) is 0 Å². The number of nitrogens with zero attached hydrogens (tertiary/aromatic N) is 2. The average Bonchev–Trinajstić information content (AvgIpc) is 2.43. The van der Waals surface area contributed by atoms with Gasteiger partial charge in [-0.25, -0.2) is 5.26 Å². The van der Waals surface area contributed by atoms with Crippen LogP contribution in [0.2, 0.25) is 12.6 Å². The van der Waals surface area contributed by atoms with Crippen molar-refractivity contribution in [1.29, 1.82) is 5.26 Å². The fourth-order valence-electron chi connectivity index (χ4n) is 2.67. The molecule has 2 saturated heterocycles. The molecule has 0 aromatic carbocycles. The molecule has 2 fully saturated rings. The van der Waals surface area contributed by atoms with Crippen LogP contribution < -0.4 is 5.32 Å². The van der Waals surface area contributed by atoms with E-state index in [1.807, 2.05) is 13.8 Å². The van der Waals surface area contributed by atoms with E-state index in [0.717, 1.165) is 31.6 Å². The Morgan fingerprint density at radius 3 is 2.35 bits per heavy atom. The summed E-state index contributed by atoms with van der Waals surface area (Å²) in [4.78, 5) is 2.56. The summed E-state index contributed by atoms with van der Waals surface area (Å²) in [5.41, 5.74) is 0. The van der Waals surface area contributed by atoms with Crippen molar-refractivity contribution in [1.82, 2.24) is 10.2 Å². The van der Waals surface area contributed by atoms with Gasteiger partial charge in [0.1, 0.15) is 0 Å². The van der Waals surface area contributed by atoms with Gasteiger partial charge in [0.25, 0.3) is 6.71 Å². The zero-order valence-electron chi connectivity index (χ0n) is 11.4. The van der Waals surface area contributed by atoms with E-state index in [1.165, 1.54) is 32.5 Å². The van der Waals surface area contributed by atoms with Crippen molar-refractivity contribution in [2.45, 2.75) is 39.3 Å². The minimum Gasteiger partial charge on any atom is -0.317 e. The fraction of sp³-hybridized carbons (Fsp3) is 0.923. The van der Waals surface area contributed by atoms with Crippen LogP contribution in [0, 0.1) is 17.1 Å². The third kappa shape index (κ3) is 5.10. The normalized spacial score (nSPS) is 22.5. The molecule has 2 aliphatic rings. The fourth-order valence-corrected chi connectivity index (χ4v) is 2.67. The third-order valence-corrected chi connectivity index (χ3v) is 3.75. The van der Waals surface area contributed by atoms with Crippen LogP contribution >= 0.6 is 0 Å². The Labute approximate surface area is 107 Å². The second-order valence-electron chi connectivity index (χ2n) is 4.90. The minimum absolute atomic E-state index is 0.328. The van der Waals surface area contributed by atoms with Crippen molar-refractivity contribution in [3.8, 4) is 5.97 Å². The molecule has 0 bridgehead atoms. The highest BCUT2D eigenvalue weighted by molar-refractivity contribution is 6.67. The van der Waals surface area contributed by atoms with Gasteiger partial charge in [0.2, 0.25) is 0 Å². The number of rotatable bonds is 2. The van der Waals surface area contributed by atoms with Crippen LogP contribution in [-0.2, 0) is 0 Å². The number of nitrogens with one attached hydrogen (secondary N) is 1. The van der Waals surface area contributed by atoms with Crippen LogP contribution in [-0.4, -0.2) is 44.3 Å². The van der Waals surface area contributed by atoms with Crippen molar-refractivity contribution >= 4 is 6.71 Å². The Hall–Kier alpha value is -0.525. The second-order valence-corrected chi connectivity index (χ2v) is 4.90. The average molecular weight is 235 g/mol. The molecule has 0 aliphatic carbocycles. The van der Waals surface area contributed by atoms with E-state index < -0.39 is 0 Å². The lowest BCUT2D eigenvalue weighted by molar-refractivity contribution is 0.216. The molecule has 2 rings (SSSR count). The van der Waals surface area contributed by atoms with E-state index in [1.54, 1.807) is 0 Å². The summed E-state index contributed by atoms with van der Waals surface area (Å²) in [5, 5.41) is 12.2. The quantitative estimate of drug-likeness (QED) is 0.743. The van der Waals surface area contributed by atoms with E-state index in [4.69, 9.17) is 5.26 Å². The number of piperidine rings is 1. The van der Waals surface area contributed by atoms with Crippen LogP contribution in [0.3, 0.4) is 0 Å². The highest BCUT2D eigenvalue weighted by Gasteiger charge is 2.24. The summed E-state index contributed by atoms with van der Waals surface area (Å²) < 4.78 is 0. The van der Waals surface area contributed by atoms with E-state index in [0.29, 0.717) is 6.71 Å². The van der Waals surface area contributed by atoms with Gasteiger partial charge < -0.3 is 10.2 Å². The number of nitriles is 1. The molecule has 0 aromatic heterocycles. The van der Waals surface area contributed by atoms with E-state index in [-0.39, 0.29) is 0 Å². The zero-order chi connectivity index (χ0) is 12.5. The molecule has 2 aliphatic heterocycles. The van der Waals surface area contributed by atoms with Gasteiger partial charge in [-0.2, -0.15) is 0 Å². The minimum atomic E-state index is 0.328. The first-order valence-electron chi connectivity index (χ1n) is 7.21. The predicted molar refractivity (Wildman–Crippen MR) is 74.4 cm³/mol. The summed E-state index contributed by atoms with van der Waals surface area (Å²) in [7, 11) is 0. The molecule has 4 heteroatoms. The Kier molecular flexibility index (Phi) is 7.31. The van der Waals surface area contributed by atoms with Crippen molar-refractivity contribution in [2.24, 2.45) is 5.92 Å². The molecule has 0 aromatic rings. The molecule has 1 N–H and O–H groups in total. The molecular formula is C13H26BN3. The van der Waals surface area contributed by atoms with Gasteiger partial charge in [-0.15, -0.1) is 0 Å². The van der Waals surface area contributed by atoms with Gasteiger partial charge in [-0.05, 0) is 57.6 Å². The zero-order valence-corrected chi connectivity index (χ0v) is 11.4. The maximum Gasteiger partial charge on any atom is 0.270 e. The van der Waals surface area contributed by atoms with E-state index >= 15 is 0 Å². The molecule has 0 amide bonds. The van der Waals surface area contributed by atoms with Gasteiger partial charge >= 0.3 is 0 Å². The predicted octanol–water partition coefficient (Wildman–Crippen LogP) is 1.89. The Morgan fingerprint density at radius 2 is 1.82 bits per heavy atom. The Bertz CT molecular complexity index is 225. The van der Waals surface area contributed by atoms with Crippen LogP contribution in [0.4, 0.5) is 0 Å². The maximum atomic E-state index is 8.82. The highest BCUT2D eigenvalue weighted by Crippen LogP contribution is 2.17. The smallest absolute Gasteiger partial charge is 0.270 e. The summed E-state index contributed by atoms with van der Waals surface area (Å²) in [5.74, 6) is 3.28. The first-order chi connectivity index (χ1) is 8.38. The van der Waals surface area contributed by atoms with Crippen LogP contribution in [0.25, 0.3) is 0 Å². The van der Waals surface area contributed by atoms with Crippen molar-refractivity contribution < 1.29 is 0 Å². The maximum absolute atomic E-state index is 8.82. The summed E-state index contributed by atoms with van der Waals surface area (Å²) >= 11 is 0. The van der Waals surface area contributed by atoms with Crippen LogP contribution in [0.1, 0.15) is 26.7 Å². The molecule has 3 nitrogen and oxygen atoms in total. The van der Waals surface area contributed by atoms with Crippen molar-refractivity contribution in [3.63, 3.8) is 0 Å². The molecular weight excluding hydrogens is 209 g/mol. The second kappa shape index (κ2) is 8.55. The van der Waals surface area contributed by atoms with E-state index in [9.17, 15) is 0 Å². The highest BCUT2D eigenvalue weighted by atomic mass is 15.1. The number of hydrogen-bond acceptors (Lipinski definition) is 3. The van der Waals surface area contributed by atoms with Gasteiger partial charge in [0, 0.05) is 12.5 Å². The lowest BCUT2D eigenvalue weighted by atomic mass is 9.45. The van der Waals surface area contributed by atoms with Gasteiger partial charge in [-0.3, -0.25) is 0 Å². The summed E-state index contributed by atoms with van der Waals surface area (Å²) in [6, 6.07) is 0. The molecule has 2 heterocycles. The standard InChI is InChI=1S/C11H20BN3.C2H6/c13-10-12-3-7-15(8-4-12)9-11-1-5-14-6-2-11;1-2/h11,14H,1-9H2;1-2H3. The van der Waals surface area contributed by atoms with Gasteiger partial charge in [-0.1, -0.05) is 13.8 Å². The summed E-state index contributed by atoms with van der Waals surface area (Å²) in [6.45, 7) is 10.3. The number of hydrogen-bond donors (Lipinski definition) is 1. The first-order valence-corrected chi connectivity index (χ1v) is 7.21. The molecule has 0 saturated carbocycles.